The average molecular weight is 482 g/mol. The monoisotopic (exact) mass is 481 g/mol. The van der Waals surface area contributed by atoms with Crippen molar-refractivity contribution >= 4 is 27.3 Å². The minimum absolute atomic E-state index is 0.122. The maximum absolute atomic E-state index is 13.9. The summed E-state index contributed by atoms with van der Waals surface area (Å²) in [7, 11) is -4.07. The third kappa shape index (κ3) is 5.81. The van der Waals surface area contributed by atoms with Gasteiger partial charge in [0.25, 0.3) is 15.9 Å². The lowest BCUT2D eigenvalue weighted by Crippen LogP contribution is -2.21. The van der Waals surface area contributed by atoms with Gasteiger partial charge in [-0.1, -0.05) is 30.3 Å². The molecule has 0 atom stereocenters. The summed E-state index contributed by atoms with van der Waals surface area (Å²) in [5.41, 5.74) is 2.54. The molecule has 1 heterocycles. The predicted molar refractivity (Wildman–Crippen MR) is 132 cm³/mol. The molecule has 1 aliphatic rings. The van der Waals surface area contributed by atoms with E-state index in [1.54, 1.807) is 13.0 Å². The van der Waals surface area contributed by atoms with E-state index in [0.717, 1.165) is 26.1 Å². The Morgan fingerprint density at radius 1 is 1.00 bits per heavy atom. The number of likely N-dealkylation sites (tertiary alicyclic amines) is 1. The second-order valence-electron chi connectivity index (χ2n) is 8.51. The number of nitrogens with one attached hydrogen (secondary N) is 2. The van der Waals surface area contributed by atoms with E-state index in [1.807, 2.05) is 24.3 Å². The molecule has 34 heavy (non-hydrogen) atoms. The van der Waals surface area contributed by atoms with Crippen LogP contribution in [0, 0.1) is 12.7 Å². The minimum atomic E-state index is -4.07. The molecule has 8 heteroatoms. The van der Waals surface area contributed by atoms with Crippen molar-refractivity contribution in [2.24, 2.45) is 0 Å². The lowest BCUT2D eigenvalue weighted by Gasteiger charge is -2.14. The standard InChI is InChI=1S/C26H28FN3O3S/c1-19-8-13-22(34(32,33)29-25-7-3-2-6-24(25)27)18-23(19)26(31)28-21-11-9-20(10-12-21)14-17-30-15-4-5-16-30/h2-3,6-13,18,29H,4-5,14-17H2,1H3,(H,28,31). The number of hydrogen-bond acceptors (Lipinski definition) is 4. The van der Waals surface area contributed by atoms with Crippen LogP contribution in [0.25, 0.3) is 0 Å². The minimum Gasteiger partial charge on any atom is -0.322 e. The Labute approximate surface area is 199 Å². The van der Waals surface area contributed by atoms with E-state index in [-0.39, 0.29) is 16.1 Å². The summed E-state index contributed by atoms with van der Waals surface area (Å²) in [4.78, 5) is 15.3. The summed E-state index contributed by atoms with van der Waals surface area (Å²) in [6.45, 7) is 5.10. The Balaban J connectivity index is 1.45. The first-order valence-electron chi connectivity index (χ1n) is 11.3. The fraction of sp³-hybridized carbons (Fsp3) is 0.269. The van der Waals surface area contributed by atoms with Gasteiger partial charge in [0.15, 0.2) is 0 Å². The number of nitrogens with zero attached hydrogens (tertiary/aromatic N) is 1. The summed E-state index contributed by atoms with van der Waals surface area (Å²) >= 11 is 0. The van der Waals surface area contributed by atoms with Gasteiger partial charge in [0.05, 0.1) is 10.6 Å². The van der Waals surface area contributed by atoms with Crippen LogP contribution in [-0.2, 0) is 16.4 Å². The first-order chi connectivity index (χ1) is 16.3. The van der Waals surface area contributed by atoms with Gasteiger partial charge in [-0.2, -0.15) is 0 Å². The molecule has 178 valence electrons. The zero-order chi connectivity index (χ0) is 24.1. The molecule has 1 aliphatic heterocycles. The van der Waals surface area contributed by atoms with Crippen LogP contribution in [0.4, 0.5) is 15.8 Å². The van der Waals surface area contributed by atoms with Crippen molar-refractivity contribution < 1.29 is 17.6 Å². The highest BCUT2D eigenvalue weighted by Crippen LogP contribution is 2.22. The topological polar surface area (TPSA) is 78.5 Å². The average Bonchev–Trinajstić information content (AvgIpc) is 3.34. The third-order valence-electron chi connectivity index (χ3n) is 6.01. The number of amides is 1. The van der Waals surface area contributed by atoms with Gasteiger partial charge in [-0.25, -0.2) is 12.8 Å². The molecule has 3 aromatic rings. The molecule has 0 bridgehead atoms. The van der Waals surface area contributed by atoms with E-state index in [2.05, 4.69) is 14.9 Å². The van der Waals surface area contributed by atoms with E-state index >= 15 is 0 Å². The van der Waals surface area contributed by atoms with Crippen molar-refractivity contribution in [2.75, 3.05) is 29.7 Å². The van der Waals surface area contributed by atoms with Crippen LogP contribution in [0.15, 0.2) is 71.6 Å². The van der Waals surface area contributed by atoms with Gasteiger partial charge in [0, 0.05) is 17.8 Å². The molecule has 2 N–H and O–H groups in total. The van der Waals surface area contributed by atoms with Gasteiger partial charge in [-0.15, -0.1) is 0 Å². The number of carbonyl (C=O) groups is 1. The molecule has 0 radical (unpaired) electrons. The number of carbonyl (C=O) groups excluding carboxylic acids is 1. The lowest BCUT2D eigenvalue weighted by atomic mass is 10.1. The number of para-hydroxylation sites is 1. The first-order valence-corrected chi connectivity index (χ1v) is 12.8. The second kappa shape index (κ2) is 10.4. The van der Waals surface area contributed by atoms with Gasteiger partial charge >= 0.3 is 0 Å². The Morgan fingerprint density at radius 3 is 2.41 bits per heavy atom. The van der Waals surface area contributed by atoms with Gasteiger partial charge in [0.1, 0.15) is 5.82 Å². The molecular formula is C26H28FN3O3S. The van der Waals surface area contributed by atoms with Crippen molar-refractivity contribution in [1.82, 2.24) is 4.90 Å². The molecule has 0 unspecified atom stereocenters. The molecule has 1 fully saturated rings. The maximum atomic E-state index is 13.9. The van der Waals surface area contributed by atoms with E-state index < -0.39 is 21.7 Å². The Kier molecular flexibility index (Phi) is 7.29. The van der Waals surface area contributed by atoms with Crippen LogP contribution in [0.5, 0.6) is 0 Å². The largest absolute Gasteiger partial charge is 0.322 e. The highest BCUT2D eigenvalue weighted by Gasteiger charge is 2.20. The van der Waals surface area contributed by atoms with Crippen molar-refractivity contribution in [3.05, 3.63) is 89.2 Å². The van der Waals surface area contributed by atoms with E-state index in [1.165, 1.54) is 54.8 Å². The summed E-state index contributed by atoms with van der Waals surface area (Å²) < 4.78 is 41.7. The Bertz CT molecular complexity index is 1270. The molecule has 0 aromatic heterocycles. The zero-order valence-corrected chi connectivity index (χ0v) is 19.9. The number of sulfonamides is 1. The maximum Gasteiger partial charge on any atom is 0.262 e. The highest BCUT2D eigenvalue weighted by atomic mass is 32.2. The molecule has 1 saturated heterocycles. The van der Waals surface area contributed by atoms with Crippen molar-refractivity contribution in [1.29, 1.82) is 0 Å². The number of rotatable bonds is 8. The van der Waals surface area contributed by atoms with Crippen molar-refractivity contribution in [3.8, 4) is 0 Å². The van der Waals surface area contributed by atoms with Crippen LogP contribution >= 0.6 is 0 Å². The van der Waals surface area contributed by atoms with Gasteiger partial charge in [-0.05, 0) is 86.8 Å². The van der Waals surface area contributed by atoms with E-state index in [9.17, 15) is 17.6 Å². The van der Waals surface area contributed by atoms with Gasteiger partial charge < -0.3 is 10.2 Å². The fourth-order valence-corrected chi connectivity index (χ4v) is 5.10. The molecule has 1 amide bonds. The number of halogens is 1. The smallest absolute Gasteiger partial charge is 0.262 e. The summed E-state index contributed by atoms with van der Waals surface area (Å²) in [6, 6.07) is 17.5. The fourth-order valence-electron chi connectivity index (χ4n) is 4.01. The second-order valence-corrected chi connectivity index (χ2v) is 10.2. The van der Waals surface area contributed by atoms with Gasteiger partial charge in [0.2, 0.25) is 0 Å². The summed E-state index contributed by atoms with van der Waals surface area (Å²) in [5.74, 6) is -1.09. The molecule has 0 saturated carbocycles. The van der Waals surface area contributed by atoms with Crippen LogP contribution in [0.2, 0.25) is 0 Å². The summed E-state index contributed by atoms with van der Waals surface area (Å²) in [5, 5.41) is 2.84. The zero-order valence-electron chi connectivity index (χ0n) is 19.1. The van der Waals surface area contributed by atoms with Crippen molar-refractivity contribution in [3.63, 3.8) is 0 Å². The third-order valence-corrected chi connectivity index (χ3v) is 7.37. The molecular weight excluding hydrogens is 453 g/mol. The molecule has 4 rings (SSSR count). The lowest BCUT2D eigenvalue weighted by molar-refractivity contribution is 0.102. The Hall–Kier alpha value is -3.23. The predicted octanol–water partition coefficient (Wildman–Crippen LogP) is 4.83. The normalized spacial score (nSPS) is 14.2. The van der Waals surface area contributed by atoms with E-state index in [4.69, 9.17) is 0 Å². The van der Waals surface area contributed by atoms with Crippen LogP contribution in [0.1, 0.15) is 34.3 Å². The molecule has 0 aliphatic carbocycles. The van der Waals surface area contributed by atoms with E-state index in [0.29, 0.717) is 11.3 Å². The number of aryl methyl sites for hydroxylation is 1. The van der Waals surface area contributed by atoms with Crippen LogP contribution in [0.3, 0.4) is 0 Å². The van der Waals surface area contributed by atoms with Crippen molar-refractivity contribution in [2.45, 2.75) is 31.1 Å². The Morgan fingerprint density at radius 2 is 1.71 bits per heavy atom. The number of hydrogen-bond donors (Lipinski definition) is 2. The summed E-state index contributed by atoms with van der Waals surface area (Å²) in [6.07, 6.45) is 3.50. The highest BCUT2D eigenvalue weighted by molar-refractivity contribution is 7.92. The quantitative estimate of drug-likeness (QED) is 0.483. The molecule has 0 spiro atoms. The van der Waals surface area contributed by atoms with Gasteiger partial charge in [-0.3, -0.25) is 9.52 Å². The molecule has 3 aromatic carbocycles. The van der Waals surface area contributed by atoms with Crippen LogP contribution < -0.4 is 10.0 Å². The number of anilines is 2. The molecule has 6 nitrogen and oxygen atoms in total. The SMILES string of the molecule is Cc1ccc(S(=O)(=O)Nc2ccccc2F)cc1C(=O)Nc1ccc(CCN2CCCC2)cc1. The van der Waals surface area contributed by atoms with Crippen LogP contribution in [-0.4, -0.2) is 38.9 Å². The number of benzene rings is 3. The first kappa shape index (κ1) is 23.9.